The minimum absolute atomic E-state index is 0.623. The minimum atomic E-state index is -1.03. The first-order valence-electron chi connectivity index (χ1n) is 18.4. The van der Waals surface area contributed by atoms with E-state index < -0.39 is 22.4 Å². The second-order valence-corrected chi connectivity index (χ2v) is 15.9. The van der Waals surface area contributed by atoms with Gasteiger partial charge in [0.05, 0.1) is 10.8 Å². The SMILES string of the molecule is COC(CCSSCCC(OC)(OC)C(c1ccccc1)(c1ccccc1)c1ccccc1)(OC)C(c1ccccc1)(c1ccccc1)c1ccccc1. The second kappa shape index (κ2) is 18.5. The molecule has 0 radical (unpaired) electrons. The number of benzene rings is 6. The van der Waals surface area contributed by atoms with Crippen LogP contribution in [0.2, 0.25) is 0 Å². The topological polar surface area (TPSA) is 36.9 Å². The van der Waals surface area contributed by atoms with Crippen molar-refractivity contribution in [3.8, 4) is 0 Å². The summed E-state index contributed by atoms with van der Waals surface area (Å²) in [4.78, 5) is 0. The molecule has 0 saturated carbocycles. The molecule has 0 atom stereocenters. The molecule has 54 heavy (non-hydrogen) atoms. The van der Waals surface area contributed by atoms with Crippen molar-refractivity contribution < 1.29 is 18.9 Å². The summed E-state index contributed by atoms with van der Waals surface area (Å²) < 4.78 is 26.5. The van der Waals surface area contributed by atoms with Gasteiger partial charge in [-0.2, -0.15) is 0 Å². The highest BCUT2D eigenvalue weighted by molar-refractivity contribution is 8.76. The van der Waals surface area contributed by atoms with Crippen molar-refractivity contribution in [2.75, 3.05) is 39.9 Å². The number of methoxy groups -OCH3 is 4. The fraction of sp³-hybridized carbons (Fsp3) is 0.250. The number of rotatable bonds is 19. The molecule has 0 aliphatic heterocycles. The van der Waals surface area contributed by atoms with Crippen molar-refractivity contribution in [1.82, 2.24) is 0 Å². The molecule has 6 heteroatoms. The highest BCUT2D eigenvalue weighted by Gasteiger charge is 2.57. The molecular weight excluding hydrogens is 705 g/mol. The van der Waals surface area contributed by atoms with Gasteiger partial charge in [-0.3, -0.25) is 0 Å². The molecule has 0 amide bonds. The zero-order chi connectivity index (χ0) is 37.7. The lowest BCUT2D eigenvalue weighted by molar-refractivity contribution is -0.235. The molecule has 0 aliphatic rings. The third-order valence-electron chi connectivity index (χ3n) is 10.8. The van der Waals surface area contributed by atoms with Crippen LogP contribution in [0.5, 0.6) is 0 Å². The summed E-state index contributed by atoms with van der Waals surface area (Å²) in [5.74, 6) is -0.517. The van der Waals surface area contributed by atoms with Crippen LogP contribution in [-0.2, 0) is 29.8 Å². The summed E-state index contributed by atoms with van der Waals surface area (Å²) in [5.41, 5.74) is 5.11. The lowest BCUT2D eigenvalue weighted by atomic mass is 9.63. The molecule has 0 bridgehead atoms. The molecule has 0 aliphatic carbocycles. The van der Waals surface area contributed by atoms with Gasteiger partial charge in [0.15, 0.2) is 11.6 Å². The van der Waals surface area contributed by atoms with Crippen LogP contribution in [0.25, 0.3) is 0 Å². The zero-order valence-corrected chi connectivity index (χ0v) is 33.2. The quantitative estimate of drug-likeness (QED) is 0.0355. The molecule has 0 spiro atoms. The lowest BCUT2D eigenvalue weighted by Crippen LogP contribution is -2.56. The van der Waals surface area contributed by atoms with Gasteiger partial charge in [-0.1, -0.05) is 204 Å². The second-order valence-electron chi connectivity index (χ2n) is 13.2. The van der Waals surface area contributed by atoms with Crippen molar-refractivity contribution >= 4 is 21.6 Å². The molecule has 4 nitrogen and oxygen atoms in total. The standard InChI is InChI=1S/C48H50O4S2/c1-49-45(50-2,47(39-23-11-5-12-24-39,40-25-13-6-14-26-40)41-27-15-7-16-28-41)35-37-53-54-38-36-46(51-3,52-4)48(42-29-17-8-18-30-42,43-31-19-9-20-32-43)44-33-21-10-22-34-44/h5-34H,35-38H2,1-4H3. The molecule has 0 aromatic heterocycles. The largest absolute Gasteiger partial charge is 0.352 e. The molecule has 278 valence electrons. The summed E-state index contributed by atoms with van der Waals surface area (Å²) in [7, 11) is 10.7. The average molecular weight is 755 g/mol. The van der Waals surface area contributed by atoms with Crippen LogP contribution < -0.4 is 0 Å². The Morgan fingerprint density at radius 2 is 0.500 bits per heavy atom. The fourth-order valence-electron chi connectivity index (χ4n) is 8.48. The Morgan fingerprint density at radius 3 is 0.667 bits per heavy atom. The molecule has 0 fully saturated rings. The van der Waals surface area contributed by atoms with Crippen LogP contribution in [0.1, 0.15) is 46.2 Å². The number of hydrogen-bond acceptors (Lipinski definition) is 6. The van der Waals surface area contributed by atoms with Gasteiger partial charge in [-0.15, -0.1) is 0 Å². The van der Waals surface area contributed by atoms with Gasteiger partial charge in [-0.25, -0.2) is 0 Å². The van der Waals surface area contributed by atoms with Crippen LogP contribution in [0.4, 0.5) is 0 Å². The van der Waals surface area contributed by atoms with E-state index in [1.807, 2.05) is 21.6 Å². The third kappa shape index (κ3) is 7.19. The Kier molecular flexibility index (Phi) is 13.5. The Morgan fingerprint density at radius 1 is 0.315 bits per heavy atom. The number of ether oxygens (including phenoxy) is 4. The smallest absolute Gasteiger partial charge is 0.186 e. The summed E-state index contributed by atoms with van der Waals surface area (Å²) >= 11 is 0. The van der Waals surface area contributed by atoms with Crippen LogP contribution in [0.15, 0.2) is 182 Å². The van der Waals surface area contributed by atoms with Crippen molar-refractivity contribution in [1.29, 1.82) is 0 Å². The highest BCUT2D eigenvalue weighted by Crippen LogP contribution is 2.53. The van der Waals surface area contributed by atoms with E-state index in [4.69, 9.17) is 18.9 Å². The van der Waals surface area contributed by atoms with Gasteiger partial charge >= 0.3 is 0 Å². The fourth-order valence-corrected chi connectivity index (χ4v) is 10.6. The molecule has 0 saturated heterocycles. The third-order valence-corrected chi connectivity index (χ3v) is 13.2. The Bertz CT molecular complexity index is 1610. The minimum Gasteiger partial charge on any atom is -0.352 e. The lowest BCUT2D eigenvalue weighted by Gasteiger charge is -2.50. The summed E-state index contributed by atoms with van der Waals surface area (Å²) in [5, 5.41) is 0. The van der Waals surface area contributed by atoms with E-state index in [0.717, 1.165) is 44.9 Å². The predicted octanol–water partition coefficient (Wildman–Crippen LogP) is 11.2. The molecular formula is C48H50O4S2. The maximum absolute atomic E-state index is 6.62. The Balaban J connectivity index is 1.31. The van der Waals surface area contributed by atoms with E-state index in [0.29, 0.717) is 12.8 Å². The first-order chi connectivity index (χ1) is 26.6. The normalized spacial score (nSPS) is 12.4. The van der Waals surface area contributed by atoms with E-state index in [1.165, 1.54) is 0 Å². The van der Waals surface area contributed by atoms with Gasteiger partial charge in [0.1, 0.15) is 0 Å². The molecule has 0 heterocycles. The van der Waals surface area contributed by atoms with Crippen LogP contribution >= 0.6 is 21.6 Å². The predicted molar refractivity (Wildman–Crippen MR) is 226 cm³/mol. The monoisotopic (exact) mass is 754 g/mol. The first-order valence-corrected chi connectivity index (χ1v) is 20.9. The maximum Gasteiger partial charge on any atom is 0.186 e. The average Bonchev–Trinajstić information content (AvgIpc) is 3.26. The van der Waals surface area contributed by atoms with E-state index in [2.05, 4.69) is 182 Å². The van der Waals surface area contributed by atoms with Gasteiger partial charge in [0.2, 0.25) is 0 Å². The van der Waals surface area contributed by atoms with Crippen LogP contribution in [0.3, 0.4) is 0 Å². The van der Waals surface area contributed by atoms with Gasteiger partial charge in [0.25, 0.3) is 0 Å². The summed E-state index contributed by atoms with van der Waals surface area (Å²) in [6, 6.07) is 63.6. The molecule has 6 aromatic rings. The summed E-state index contributed by atoms with van der Waals surface area (Å²) in [6.45, 7) is 0. The molecule has 6 rings (SSSR count). The van der Waals surface area contributed by atoms with Gasteiger partial charge < -0.3 is 18.9 Å². The Hall–Kier alpha value is -4.14. The van der Waals surface area contributed by atoms with E-state index in [9.17, 15) is 0 Å². The van der Waals surface area contributed by atoms with E-state index >= 15 is 0 Å². The van der Waals surface area contributed by atoms with Gasteiger partial charge in [0, 0.05) is 52.8 Å². The van der Waals surface area contributed by atoms with Crippen molar-refractivity contribution in [2.45, 2.75) is 35.2 Å². The first kappa shape index (κ1) is 39.6. The summed E-state index contributed by atoms with van der Waals surface area (Å²) in [6.07, 6.45) is 1.25. The van der Waals surface area contributed by atoms with E-state index in [-0.39, 0.29) is 0 Å². The highest BCUT2D eigenvalue weighted by atomic mass is 33.1. The maximum atomic E-state index is 6.62. The molecule has 6 aromatic carbocycles. The van der Waals surface area contributed by atoms with E-state index in [1.54, 1.807) is 28.4 Å². The Labute approximate surface area is 329 Å². The van der Waals surface area contributed by atoms with Crippen molar-refractivity contribution in [3.63, 3.8) is 0 Å². The van der Waals surface area contributed by atoms with Crippen LogP contribution in [0, 0.1) is 0 Å². The van der Waals surface area contributed by atoms with Crippen molar-refractivity contribution in [3.05, 3.63) is 215 Å². The molecule has 0 unspecified atom stereocenters. The molecule has 0 N–H and O–H groups in total. The van der Waals surface area contributed by atoms with Gasteiger partial charge in [-0.05, 0) is 33.4 Å². The zero-order valence-electron chi connectivity index (χ0n) is 31.6. The number of hydrogen-bond donors (Lipinski definition) is 0. The van der Waals surface area contributed by atoms with Crippen LogP contribution in [-0.4, -0.2) is 51.5 Å². The van der Waals surface area contributed by atoms with Crippen molar-refractivity contribution in [2.24, 2.45) is 0 Å².